The van der Waals surface area contributed by atoms with Gasteiger partial charge in [0.15, 0.2) is 0 Å². The predicted molar refractivity (Wildman–Crippen MR) is 74.3 cm³/mol. The molecule has 5 nitrogen and oxygen atoms in total. The van der Waals surface area contributed by atoms with E-state index < -0.39 is 10.0 Å². The summed E-state index contributed by atoms with van der Waals surface area (Å²) in [5.41, 5.74) is 1.26. The summed E-state index contributed by atoms with van der Waals surface area (Å²) in [5, 5.41) is 4.39. The number of aromatic nitrogens is 2. The minimum Gasteiger partial charge on any atom is -0.268 e. The van der Waals surface area contributed by atoms with E-state index in [1.807, 2.05) is 44.2 Å². The Balaban J connectivity index is 2.66. The molecule has 0 atom stereocenters. The molecule has 0 fully saturated rings. The van der Waals surface area contributed by atoms with Crippen molar-refractivity contribution in [3.05, 3.63) is 36.5 Å². The van der Waals surface area contributed by atoms with Gasteiger partial charge in [-0.15, -0.1) is 0 Å². The van der Waals surface area contributed by atoms with E-state index in [-0.39, 0.29) is 10.9 Å². The first-order valence-electron chi connectivity index (χ1n) is 6.04. The maximum absolute atomic E-state index is 12.1. The largest absolute Gasteiger partial charge is 0.268 e. The van der Waals surface area contributed by atoms with Crippen molar-refractivity contribution in [2.75, 3.05) is 7.05 Å². The van der Waals surface area contributed by atoms with E-state index in [4.69, 9.17) is 0 Å². The summed E-state index contributed by atoms with van der Waals surface area (Å²) in [6, 6.07) is 9.40. The fourth-order valence-corrected chi connectivity index (χ4v) is 2.62. The Bertz CT molecular complexity index is 660. The number of nitrogens with one attached hydrogen (secondary N) is 1. The average Bonchev–Trinajstić information content (AvgIpc) is 2.86. The third kappa shape index (κ3) is 2.69. The van der Waals surface area contributed by atoms with Crippen LogP contribution >= 0.6 is 0 Å². The van der Waals surface area contributed by atoms with E-state index in [0.717, 1.165) is 5.56 Å². The summed E-state index contributed by atoms with van der Waals surface area (Å²) in [5.74, 6) is 0. The van der Waals surface area contributed by atoms with Crippen LogP contribution in [0.15, 0.2) is 41.4 Å². The van der Waals surface area contributed by atoms with Crippen LogP contribution in [0.5, 0.6) is 0 Å². The Labute approximate surface area is 113 Å². The van der Waals surface area contributed by atoms with Crippen LogP contribution in [0.3, 0.4) is 0 Å². The lowest BCUT2D eigenvalue weighted by molar-refractivity contribution is 0.532. The smallest absolute Gasteiger partial charge is 0.244 e. The zero-order valence-corrected chi connectivity index (χ0v) is 12.0. The van der Waals surface area contributed by atoms with E-state index in [9.17, 15) is 8.42 Å². The molecule has 0 saturated heterocycles. The van der Waals surface area contributed by atoms with Gasteiger partial charge < -0.3 is 0 Å². The van der Waals surface area contributed by atoms with Crippen LogP contribution in [0.2, 0.25) is 0 Å². The maximum atomic E-state index is 12.1. The molecule has 2 aromatic rings. The normalized spacial score (nSPS) is 12.0. The summed E-state index contributed by atoms with van der Waals surface area (Å²) in [6.07, 6.45) is 1.57. The summed E-state index contributed by atoms with van der Waals surface area (Å²) >= 11 is 0. The average molecular weight is 279 g/mol. The van der Waals surface area contributed by atoms with Crippen LogP contribution in [-0.2, 0) is 10.0 Å². The standard InChI is InChI=1S/C13H17N3O2S/c1-10(2)16-9-12(19(17,18)14-3)13(15-16)11-7-5-4-6-8-11/h4-10,14H,1-3H3. The summed E-state index contributed by atoms with van der Waals surface area (Å²) in [7, 11) is -2.12. The van der Waals surface area contributed by atoms with Gasteiger partial charge in [0.1, 0.15) is 10.6 Å². The topological polar surface area (TPSA) is 64.0 Å². The predicted octanol–water partition coefficient (Wildman–Crippen LogP) is 2.04. The SMILES string of the molecule is CNS(=O)(=O)c1cn(C(C)C)nc1-c1ccccc1. The highest BCUT2D eigenvalue weighted by molar-refractivity contribution is 7.89. The zero-order valence-electron chi connectivity index (χ0n) is 11.2. The number of nitrogens with zero attached hydrogens (tertiary/aromatic N) is 2. The van der Waals surface area contributed by atoms with E-state index >= 15 is 0 Å². The van der Waals surface area contributed by atoms with Crippen LogP contribution in [0.1, 0.15) is 19.9 Å². The van der Waals surface area contributed by atoms with Crippen molar-refractivity contribution in [3.63, 3.8) is 0 Å². The number of hydrogen-bond acceptors (Lipinski definition) is 3. The lowest BCUT2D eigenvalue weighted by Crippen LogP contribution is -2.18. The van der Waals surface area contributed by atoms with Crippen molar-refractivity contribution in [2.24, 2.45) is 0 Å². The summed E-state index contributed by atoms with van der Waals surface area (Å²) in [6.45, 7) is 3.91. The van der Waals surface area contributed by atoms with Gasteiger partial charge in [-0.05, 0) is 20.9 Å². The van der Waals surface area contributed by atoms with Gasteiger partial charge in [0, 0.05) is 17.8 Å². The second-order valence-corrected chi connectivity index (χ2v) is 6.34. The Morgan fingerprint density at radius 2 is 1.84 bits per heavy atom. The first kappa shape index (κ1) is 13.8. The third-order valence-corrected chi connectivity index (χ3v) is 4.25. The van der Waals surface area contributed by atoms with Crippen LogP contribution in [0.25, 0.3) is 11.3 Å². The molecule has 0 unspecified atom stereocenters. The van der Waals surface area contributed by atoms with Crippen molar-refractivity contribution in [2.45, 2.75) is 24.8 Å². The molecule has 0 spiro atoms. The van der Waals surface area contributed by atoms with Crippen LogP contribution in [-0.4, -0.2) is 25.2 Å². The first-order valence-corrected chi connectivity index (χ1v) is 7.52. The lowest BCUT2D eigenvalue weighted by atomic mass is 10.2. The van der Waals surface area contributed by atoms with E-state index in [2.05, 4.69) is 9.82 Å². The molecule has 102 valence electrons. The second kappa shape index (κ2) is 5.14. The molecule has 0 aliphatic rings. The second-order valence-electron chi connectivity index (χ2n) is 4.49. The molecule has 19 heavy (non-hydrogen) atoms. The fourth-order valence-electron chi connectivity index (χ4n) is 1.74. The quantitative estimate of drug-likeness (QED) is 0.931. The highest BCUT2D eigenvalue weighted by Crippen LogP contribution is 2.26. The Morgan fingerprint density at radius 3 is 2.37 bits per heavy atom. The van der Waals surface area contributed by atoms with Crippen molar-refractivity contribution < 1.29 is 8.42 Å². The number of benzene rings is 1. The summed E-state index contributed by atoms with van der Waals surface area (Å²) in [4.78, 5) is 0.204. The molecule has 2 rings (SSSR count). The first-order chi connectivity index (χ1) is 8.95. The Morgan fingerprint density at radius 1 is 1.21 bits per heavy atom. The molecule has 0 amide bonds. The van der Waals surface area contributed by atoms with Gasteiger partial charge in [-0.25, -0.2) is 13.1 Å². The van der Waals surface area contributed by atoms with Crippen LogP contribution < -0.4 is 4.72 Å². The van der Waals surface area contributed by atoms with Crippen LogP contribution in [0, 0.1) is 0 Å². The molecule has 6 heteroatoms. The molecule has 0 aliphatic carbocycles. The van der Waals surface area contributed by atoms with Gasteiger partial charge in [0.05, 0.1) is 0 Å². The van der Waals surface area contributed by atoms with Crippen molar-refractivity contribution >= 4 is 10.0 Å². The molecule has 0 aliphatic heterocycles. The number of hydrogen-bond donors (Lipinski definition) is 1. The molecule has 0 saturated carbocycles. The molecule has 1 N–H and O–H groups in total. The van der Waals surface area contributed by atoms with Gasteiger partial charge in [0.2, 0.25) is 10.0 Å². The molecule has 0 bridgehead atoms. The van der Waals surface area contributed by atoms with E-state index in [1.165, 1.54) is 7.05 Å². The lowest BCUT2D eigenvalue weighted by Gasteiger charge is -2.03. The van der Waals surface area contributed by atoms with Gasteiger partial charge in [0.25, 0.3) is 0 Å². The van der Waals surface area contributed by atoms with Gasteiger partial charge in [-0.1, -0.05) is 30.3 Å². The molecule has 0 radical (unpaired) electrons. The van der Waals surface area contributed by atoms with Gasteiger partial charge in [-0.2, -0.15) is 5.10 Å². The highest BCUT2D eigenvalue weighted by atomic mass is 32.2. The minimum absolute atomic E-state index is 0.100. The van der Waals surface area contributed by atoms with E-state index in [1.54, 1.807) is 10.9 Å². The molecule has 1 heterocycles. The van der Waals surface area contributed by atoms with Gasteiger partial charge >= 0.3 is 0 Å². The Hall–Kier alpha value is -1.66. The molecule has 1 aromatic carbocycles. The fraction of sp³-hybridized carbons (Fsp3) is 0.308. The minimum atomic E-state index is -3.52. The zero-order chi connectivity index (χ0) is 14.0. The number of sulfonamides is 1. The molecular weight excluding hydrogens is 262 g/mol. The summed E-state index contributed by atoms with van der Waals surface area (Å²) < 4.78 is 28.1. The van der Waals surface area contributed by atoms with Crippen LogP contribution in [0.4, 0.5) is 0 Å². The van der Waals surface area contributed by atoms with Crippen molar-refractivity contribution in [3.8, 4) is 11.3 Å². The maximum Gasteiger partial charge on any atom is 0.244 e. The Kier molecular flexibility index (Phi) is 3.73. The molecular formula is C13H17N3O2S. The van der Waals surface area contributed by atoms with Crippen molar-refractivity contribution in [1.82, 2.24) is 14.5 Å². The van der Waals surface area contributed by atoms with E-state index in [0.29, 0.717) is 5.69 Å². The molecule has 1 aromatic heterocycles. The number of rotatable bonds is 4. The third-order valence-electron chi connectivity index (χ3n) is 2.83. The van der Waals surface area contributed by atoms with Gasteiger partial charge in [-0.3, -0.25) is 4.68 Å². The highest BCUT2D eigenvalue weighted by Gasteiger charge is 2.22. The monoisotopic (exact) mass is 279 g/mol. The van der Waals surface area contributed by atoms with Crippen molar-refractivity contribution in [1.29, 1.82) is 0 Å².